The third kappa shape index (κ3) is 4.13. The van der Waals surface area contributed by atoms with E-state index in [1.165, 1.54) is 3.57 Å². The van der Waals surface area contributed by atoms with Gasteiger partial charge in [0.1, 0.15) is 12.4 Å². The Kier molecular flexibility index (Phi) is 5.25. The smallest absolute Gasteiger partial charge is 0.182 e. The highest BCUT2D eigenvalue weighted by Gasteiger charge is 2.02. The van der Waals surface area contributed by atoms with Gasteiger partial charge in [-0.1, -0.05) is 24.3 Å². The van der Waals surface area contributed by atoms with Crippen LogP contribution in [-0.4, -0.2) is 11.5 Å². The maximum atomic E-state index is 5.73. The molecule has 0 atom stereocenters. The highest BCUT2D eigenvalue weighted by atomic mass is 127. The van der Waals surface area contributed by atoms with Crippen molar-refractivity contribution < 1.29 is 4.74 Å². The highest BCUT2D eigenvalue weighted by Crippen LogP contribution is 2.21. The van der Waals surface area contributed by atoms with Crippen molar-refractivity contribution in [1.82, 2.24) is 4.98 Å². The molecule has 1 N–H and O–H groups in total. The lowest BCUT2D eigenvalue weighted by Crippen LogP contribution is -1.97. The van der Waals surface area contributed by atoms with Crippen LogP contribution >= 0.6 is 33.9 Å². The fourth-order valence-corrected chi connectivity index (χ4v) is 2.66. The lowest BCUT2D eigenvalue weighted by atomic mass is 10.3. The summed E-state index contributed by atoms with van der Waals surface area (Å²) in [5.74, 6) is 0.901. The number of nitrogens with zero attached hydrogens (tertiary/aromatic N) is 1. The fraction of sp³-hybridized carbons (Fsp3) is 0.308. The van der Waals surface area contributed by atoms with Gasteiger partial charge in [0, 0.05) is 16.3 Å². The zero-order valence-electron chi connectivity index (χ0n) is 10.1. The molecule has 0 aliphatic carbocycles. The van der Waals surface area contributed by atoms with Crippen molar-refractivity contribution in [2.24, 2.45) is 0 Å². The molecule has 0 aliphatic rings. The van der Waals surface area contributed by atoms with Gasteiger partial charge < -0.3 is 10.1 Å². The van der Waals surface area contributed by atoms with E-state index in [0.29, 0.717) is 6.61 Å². The van der Waals surface area contributed by atoms with Crippen molar-refractivity contribution in [2.45, 2.75) is 20.0 Å². The number of halogens is 1. The quantitative estimate of drug-likeness (QED) is 0.772. The average molecular weight is 374 g/mol. The van der Waals surface area contributed by atoms with Gasteiger partial charge in [-0.25, -0.2) is 4.98 Å². The Morgan fingerprint density at radius 2 is 2.33 bits per heavy atom. The first kappa shape index (κ1) is 13.6. The van der Waals surface area contributed by atoms with E-state index >= 15 is 0 Å². The second-order valence-corrected chi connectivity index (χ2v) is 6.17. The van der Waals surface area contributed by atoms with Crippen LogP contribution in [0.3, 0.4) is 0 Å². The van der Waals surface area contributed by atoms with E-state index < -0.39 is 0 Å². The molecule has 0 unspecified atom stereocenters. The van der Waals surface area contributed by atoms with Gasteiger partial charge >= 0.3 is 0 Å². The Bertz CT molecular complexity index is 501. The maximum absolute atomic E-state index is 5.73. The largest absolute Gasteiger partial charge is 0.488 e. The minimum Gasteiger partial charge on any atom is -0.488 e. The molecule has 0 aliphatic heterocycles. The molecule has 0 saturated heterocycles. The third-order valence-corrected chi connectivity index (χ3v) is 3.86. The third-order valence-electron chi connectivity index (χ3n) is 2.26. The van der Waals surface area contributed by atoms with E-state index in [4.69, 9.17) is 4.74 Å². The van der Waals surface area contributed by atoms with Gasteiger partial charge in [-0.3, -0.25) is 0 Å². The van der Waals surface area contributed by atoms with Crippen LogP contribution in [0.5, 0.6) is 5.75 Å². The number of nitrogens with one attached hydrogen (secondary N) is 1. The van der Waals surface area contributed by atoms with E-state index in [-0.39, 0.29) is 0 Å². The second kappa shape index (κ2) is 6.94. The van der Waals surface area contributed by atoms with E-state index in [1.807, 2.05) is 30.5 Å². The summed E-state index contributed by atoms with van der Waals surface area (Å²) in [6, 6.07) is 8.04. The first-order valence-corrected chi connectivity index (χ1v) is 7.74. The predicted octanol–water partition coefficient (Wildman–Crippen LogP) is 4.15. The zero-order chi connectivity index (χ0) is 12.8. The van der Waals surface area contributed by atoms with Crippen LogP contribution in [0.25, 0.3) is 0 Å². The molecule has 0 amide bonds. The van der Waals surface area contributed by atoms with Crippen LogP contribution < -0.4 is 10.1 Å². The van der Waals surface area contributed by atoms with Gasteiger partial charge in [-0.2, -0.15) is 0 Å². The fourth-order valence-electron chi connectivity index (χ4n) is 1.40. The predicted molar refractivity (Wildman–Crippen MR) is 84.4 cm³/mol. The van der Waals surface area contributed by atoms with Gasteiger partial charge in [0.2, 0.25) is 0 Å². The highest BCUT2D eigenvalue weighted by molar-refractivity contribution is 14.1. The molecule has 18 heavy (non-hydrogen) atoms. The Hall–Kier alpha value is -0.820. The summed E-state index contributed by atoms with van der Waals surface area (Å²) in [6.07, 6.45) is 2.98. The van der Waals surface area contributed by atoms with Crippen LogP contribution in [0.4, 0.5) is 5.13 Å². The molecular weight excluding hydrogens is 359 g/mol. The van der Waals surface area contributed by atoms with Crippen molar-refractivity contribution in [3.05, 3.63) is 38.9 Å². The second-order valence-electron chi connectivity index (χ2n) is 3.80. The van der Waals surface area contributed by atoms with Crippen molar-refractivity contribution in [1.29, 1.82) is 0 Å². The molecule has 0 fully saturated rings. The number of ether oxygens (including phenoxy) is 1. The van der Waals surface area contributed by atoms with Gasteiger partial charge in [-0.05, 0) is 47.2 Å². The molecule has 1 aromatic carbocycles. The molecule has 5 heteroatoms. The molecular formula is C13H15IN2OS. The minimum absolute atomic E-state index is 0.575. The van der Waals surface area contributed by atoms with Gasteiger partial charge in [0.15, 0.2) is 5.13 Å². The normalized spacial score (nSPS) is 10.3. The number of thiazole rings is 1. The Morgan fingerprint density at radius 1 is 1.44 bits per heavy atom. The van der Waals surface area contributed by atoms with Crippen molar-refractivity contribution >= 4 is 39.1 Å². The van der Waals surface area contributed by atoms with E-state index in [2.05, 4.69) is 39.8 Å². The number of anilines is 1. The van der Waals surface area contributed by atoms with Crippen molar-refractivity contribution in [3.8, 4) is 5.75 Å². The summed E-state index contributed by atoms with van der Waals surface area (Å²) in [6.45, 7) is 3.68. The Morgan fingerprint density at radius 3 is 3.11 bits per heavy atom. The van der Waals surface area contributed by atoms with Gasteiger partial charge in [-0.15, -0.1) is 0 Å². The topological polar surface area (TPSA) is 34.2 Å². The van der Waals surface area contributed by atoms with E-state index in [1.54, 1.807) is 11.3 Å². The van der Waals surface area contributed by atoms with Crippen LogP contribution in [0.1, 0.15) is 18.2 Å². The monoisotopic (exact) mass is 374 g/mol. The van der Waals surface area contributed by atoms with Crippen LogP contribution in [0.15, 0.2) is 30.5 Å². The standard InChI is InChI=1S/C13H15IN2OS/c1-2-6-15-13-16-8-12(18-13)9-17-11-5-3-4-10(14)7-11/h3-5,7-8H,2,6,9H2,1H3,(H,15,16). The van der Waals surface area contributed by atoms with E-state index in [9.17, 15) is 0 Å². The molecule has 1 heterocycles. The number of hydrogen-bond donors (Lipinski definition) is 1. The SMILES string of the molecule is CCCNc1ncc(COc2cccc(I)c2)s1. The molecule has 2 aromatic rings. The van der Waals surface area contributed by atoms with Gasteiger partial charge in [0.25, 0.3) is 0 Å². The molecule has 3 nitrogen and oxygen atoms in total. The zero-order valence-corrected chi connectivity index (χ0v) is 13.1. The summed E-state index contributed by atoms with van der Waals surface area (Å²) in [5, 5.41) is 4.24. The molecule has 96 valence electrons. The number of benzene rings is 1. The number of hydrogen-bond acceptors (Lipinski definition) is 4. The van der Waals surface area contributed by atoms with Crippen LogP contribution in [-0.2, 0) is 6.61 Å². The van der Waals surface area contributed by atoms with Crippen molar-refractivity contribution in [2.75, 3.05) is 11.9 Å². The summed E-state index contributed by atoms with van der Waals surface area (Å²) < 4.78 is 6.91. The maximum Gasteiger partial charge on any atom is 0.182 e. The number of aromatic nitrogens is 1. The first-order valence-electron chi connectivity index (χ1n) is 5.85. The molecule has 1 aromatic heterocycles. The number of rotatable bonds is 6. The van der Waals surface area contributed by atoms with Gasteiger partial charge in [0.05, 0.1) is 4.88 Å². The molecule has 0 radical (unpaired) electrons. The van der Waals surface area contributed by atoms with Crippen LogP contribution in [0.2, 0.25) is 0 Å². The first-order chi connectivity index (χ1) is 8.78. The minimum atomic E-state index is 0.575. The van der Waals surface area contributed by atoms with Crippen molar-refractivity contribution in [3.63, 3.8) is 0 Å². The lowest BCUT2D eigenvalue weighted by molar-refractivity contribution is 0.309. The Labute approximate surface area is 125 Å². The van der Waals surface area contributed by atoms with E-state index in [0.717, 1.165) is 28.7 Å². The molecule has 0 bridgehead atoms. The molecule has 0 spiro atoms. The Balaban J connectivity index is 1.88. The summed E-state index contributed by atoms with van der Waals surface area (Å²) in [5.41, 5.74) is 0. The molecule has 2 rings (SSSR count). The average Bonchev–Trinajstić information content (AvgIpc) is 2.82. The van der Waals surface area contributed by atoms with Crippen LogP contribution in [0, 0.1) is 3.57 Å². The lowest BCUT2D eigenvalue weighted by Gasteiger charge is -2.04. The molecule has 0 saturated carbocycles. The summed E-state index contributed by atoms with van der Waals surface area (Å²) in [7, 11) is 0. The summed E-state index contributed by atoms with van der Waals surface area (Å²) in [4.78, 5) is 5.44. The summed E-state index contributed by atoms with van der Waals surface area (Å²) >= 11 is 3.93.